The van der Waals surface area contributed by atoms with E-state index >= 15 is 0 Å². The molecule has 5 rings (SSSR count). The highest BCUT2D eigenvalue weighted by Crippen LogP contribution is 2.73. The topological polar surface area (TPSA) is 3.01 Å². The van der Waals surface area contributed by atoms with Crippen LogP contribution in [0.4, 0.5) is 5.69 Å². The van der Waals surface area contributed by atoms with Crippen LogP contribution in [0, 0.1) is 0 Å². The molecule has 0 N–H and O–H groups in total. The van der Waals surface area contributed by atoms with Crippen LogP contribution in [0.25, 0.3) is 0 Å². The molecule has 29 heavy (non-hydrogen) atoms. The van der Waals surface area contributed by atoms with Crippen LogP contribution in [-0.2, 0) is 5.54 Å². The number of thioether (sulfide) groups is 1. The Balaban J connectivity index is 1.76. The minimum Gasteiger partial charge on any atom is -0.322 e. The van der Waals surface area contributed by atoms with Gasteiger partial charge in [0.25, 0.3) is 0 Å². The molecule has 2 atom stereocenters. The zero-order valence-electron chi connectivity index (χ0n) is 15.2. The van der Waals surface area contributed by atoms with Crippen LogP contribution in [0.2, 0.25) is 0 Å². The number of hydrogen-bond acceptors (Lipinski definition) is 2. The maximum Gasteiger partial charge on any atom is 0.219 e. The van der Waals surface area contributed by atoms with Crippen LogP contribution in [0.1, 0.15) is 23.5 Å². The summed E-state index contributed by atoms with van der Waals surface area (Å²) < 4.78 is -2.19. The standard InChI is InChI=1S/C23H17Cl4NS/c24-22(25)18(16-9-3-1-4-10-16)15-21(17-11-5-2-6-12-17)23(26,27)28(21)19-13-7-8-14-20(19)29-22/h1-14,18H,15H2/t18-,21+,28?/m0/s1. The zero-order valence-corrected chi connectivity index (χ0v) is 19.1. The number of benzene rings is 3. The quantitative estimate of drug-likeness (QED) is 0.208. The van der Waals surface area contributed by atoms with Crippen LogP contribution in [0.15, 0.2) is 89.8 Å². The molecule has 3 aromatic rings. The molecular weight excluding hydrogens is 464 g/mol. The number of halogens is 4. The Hall–Kier alpha value is -1.03. The molecule has 0 amide bonds. The van der Waals surface area contributed by atoms with E-state index in [-0.39, 0.29) is 5.92 Å². The van der Waals surface area contributed by atoms with Crippen molar-refractivity contribution in [1.29, 1.82) is 0 Å². The average Bonchev–Trinajstić information content (AvgIpc) is 3.21. The first kappa shape index (κ1) is 19.9. The summed E-state index contributed by atoms with van der Waals surface area (Å²) in [5.41, 5.74) is 2.43. The number of alkyl halides is 4. The minimum atomic E-state index is -1.10. The van der Waals surface area contributed by atoms with Crippen molar-refractivity contribution in [2.24, 2.45) is 0 Å². The van der Waals surface area contributed by atoms with Crippen LogP contribution >= 0.6 is 58.2 Å². The second-order valence-corrected chi connectivity index (χ2v) is 11.8. The van der Waals surface area contributed by atoms with Crippen molar-refractivity contribution in [3.63, 3.8) is 0 Å². The first-order valence-electron chi connectivity index (χ1n) is 9.32. The van der Waals surface area contributed by atoms with Gasteiger partial charge < -0.3 is 4.90 Å². The Bertz CT molecular complexity index is 1040. The Morgan fingerprint density at radius 2 is 1.34 bits per heavy atom. The number of para-hydroxylation sites is 1. The second-order valence-electron chi connectivity index (χ2n) is 7.40. The summed E-state index contributed by atoms with van der Waals surface area (Å²) in [7, 11) is 0. The molecule has 0 saturated carbocycles. The number of nitrogens with zero attached hydrogens (tertiary/aromatic N) is 1. The van der Waals surface area contributed by atoms with E-state index in [4.69, 9.17) is 46.4 Å². The molecule has 0 aromatic heterocycles. The van der Waals surface area contributed by atoms with Gasteiger partial charge >= 0.3 is 0 Å². The SMILES string of the molecule is ClC1(Cl)Sc2ccccc2N2C(Cl)(Cl)[C@]2(c2ccccc2)C[C@H]1c1ccccc1. The Morgan fingerprint density at radius 1 is 0.759 bits per heavy atom. The van der Waals surface area contributed by atoms with Crippen molar-refractivity contribution in [3.05, 3.63) is 96.1 Å². The fourth-order valence-corrected chi connectivity index (χ4v) is 7.31. The van der Waals surface area contributed by atoms with Gasteiger partial charge in [0.05, 0.1) is 5.69 Å². The first-order valence-corrected chi connectivity index (χ1v) is 11.7. The summed E-state index contributed by atoms with van der Waals surface area (Å²) in [4.78, 5) is 3.06. The molecule has 0 unspecified atom stereocenters. The lowest BCUT2D eigenvalue weighted by atomic mass is 9.84. The predicted octanol–water partition coefficient (Wildman–Crippen LogP) is 7.94. The van der Waals surface area contributed by atoms with E-state index in [1.807, 2.05) is 60.7 Å². The molecule has 0 bridgehead atoms. The number of rotatable bonds is 2. The summed E-state index contributed by atoms with van der Waals surface area (Å²) >= 11 is 29.5. The van der Waals surface area contributed by atoms with E-state index in [0.29, 0.717) is 6.42 Å². The molecule has 6 heteroatoms. The van der Waals surface area contributed by atoms with Crippen LogP contribution in [0.3, 0.4) is 0 Å². The molecule has 2 aliphatic heterocycles. The largest absolute Gasteiger partial charge is 0.322 e. The van der Waals surface area contributed by atoms with Gasteiger partial charge in [-0.25, -0.2) is 0 Å². The molecule has 0 spiro atoms. The van der Waals surface area contributed by atoms with Gasteiger partial charge in [0.1, 0.15) is 5.54 Å². The molecule has 2 heterocycles. The predicted molar refractivity (Wildman–Crippen MR) is 126 cm³/mol. The lowest BCUT2D eigenvalue weighted by molar-refractivity contribution is 0.519. The summed E-state index contributed by atoms with van der Waals surface area (Å²) in [5, 5.41) is 0. The first-order chi connectivity index (χ1) is 13.9. The number of anilines is 1. The Morgan fingerprint density at radius 3 is 2.03 bits per heavy atom. The maximum absolute atomic E-state index is 7.03. The van der Waals surface area contributed by atoms with Crippen LogP contribution in [-0.4, -0.2) is 8.12 Å². The molecule has 148 valence electrons. The van der Waals surface area contributed by atoms with Gasteiger partial charge in [0.15, 0.2) is 3.67 Å². The van der Waals surface area contributed by atoms with Crippen LogP contribution < -0.4 is 4.90 Å². The van der Waals surface area contributed by atoms with Gasteiger partial charge in [-0.1, -0.05) is 131 Å². The summed E-state index contributed by atoms with van der Waals surface area (Å²) in [6.07, 6.45) is 0.586. The van der Waals surface area contributed by atoms with E-state index in [2.05, 4.69) is 29.2 Å². The van der Waals surface area contributed by atoms with Crippen molar-refractivity contribution in [1.82, 2.24) is 0 Å². The molecule has 3 aromatic carbocycles. The van der Waals surface area contributed by atoms with Crippen LogP contribution in [0.5, 0.6) is 0 Å². The normalized spacial score (nSPS) is 26.6. The molecule has 1 fully saturated rings. The Kier molecular flexibility index (Phi) is 4.81. The van der Waals surface area contributed by atoms with Crippen molar-refractivity contribution < 1.29 is 0 Å². The molecular formula is C23H17Cl4NS. The van der Waals surface area contributed by atoms with E-state index in [9.17, 15) is 0 Å². The smallest absolute Gasteiger partial charge is 0.219 e. The third-order valence-corrected chi connectivity index (χ3v) is 8.90. The highest BCUT2D eigenvalue weighted by Gasteiger charge is 2.77. The Labute approximate surface area is 194 Å². The fraction of sp³-hybridized carbons (Fsp3) is 0.217. The highest BCUT2D eigenvalue weighted by molar-refractivity contribution is 8.03. The van der Waals surface area contributed by atoms with Crippen molar-refractivity contribution in [3.8, 4) is 0 Å². The van der Waals surface area contributed by atoms with Crippen molar-refractivity contribution in [2.75, 3.05) is 4.90 Å². The average molecular weight is 481 g/mol. The third kappa shape index (κ3) is 2.99. The molecule has 1 nitrogen and oxygen atoms in total. The zero-order chi connectivity index (χ0) is 20.3. The lowest BCUT2D eigenvalue weighted by Gasteiger charge is -2.36. The van der Waals surface area contributed by atoms with E-state index in [0.717, 1.165) is 21.7 Å². The van der Waals surface area contributed by atoms with E-state index in [1.165, 1.54) is 11.8 Å². The van der Waals surface area contributed by atoms with Crippen molar-refractivity contribution in [2.45, 2.75) is 30.9 Å². The van der Waals surface area contributed by atoms with E-state index < -0.39 is 13.7 Å². The van der Waals surface area contributed by atoms with Gasteiger partial charge in [-0.05, 0) is 29.7 Å². The van der Waals surface area contributed by atoms with Crippen molar-refractivity contribution >= 4 is 63.9 Å². The number of fused-ring (bicyclic) bond motifs is 3. The minimum absolute atomic E-state index is 0.188. The summed E-state index contributed by atoms with van der Waals surface area (Å²) in [5.74, 6) is -0.188. The second kappa shape index (κ2) is 7.00. The van der Waals surface area contributed by atoms with Gasteiger partial charge in [-0.3, -0.25) is 0 Å². The monoisotopic (exact) mass is 479 g/mol. The maximum atomic E-state index is 7.03. The van der Waals surface area contributed by atoms with Gasteiger partial charge in [-0.15, -0.1) is 0 Å². The summed E-state index contributed by atoms with van der Waals surface area (Å²) in [6, 6.07) is 28.3. The summed E-state index contributed by atoms with van der Waals surface area (Å²) in [6.45, 7) is 0. The number of hydrogen-bond donors (Lipinski definition) is 0. The molecule has 0 radical (unpaired) electrons. The molecule has 0 aliphatic carbocycles. The van der Waals surface area contributed by atoms with E-state index in [1.54, 1.807) is 0 Å². The van der Waals surface area contributed by atoms with Gasteiger partial charge in [-0.2, -0.15) is 0 Å². The molecule has 1 saturated heterocycles. The highest BCUT2D eigenvalue weighted by atomic mass is 35.5. The fourth-order valence-electron chi connectivity index (χ4n) is 4.41. The molecule has 2 aliphatic rings. The third-order valence-electron chi connectivity index (χ3n) is 5.82. The lowest BCUT2D eigenvalue weighted by Crippen LogP contribution is -2.30. The van der Waals surface area contributed by atoms with Gasteiger partial charge in [0, 0.05) is 10.8 Å². The van der Waals surface area contributed by atoms with Gasteiger partial charge in [0.2, 0.25) is 4.46 Å².